The Hall–Kier alpha value is -1.05. The van der Waals surface area contributed by atoms with Crippen molar-refractivity contribution in [3.8, 4) is 0 Å². The number of rotatable bonds is 0. The Bertz CT molecular complexity index is 253. The maximum Gasteiger partial charge on any atom is 0.105 e. The van der Waals surface area contributed by atoms with E-state index in [-0.39, 0.29) is 0 Å². The number of ether oxygens (including phenoxy) is 1. The third-order valence-corrected chi connectivity index (χ3v) is 2.02. The van der Waals surface area contributed by atoms with Gasteiger partial charge in [0.25, 0.3) is 0 Å². The van der Waals surface area contributed by atoms with Crippen LogP contribution in [0.5, 0.6) is 0 Å². The molecule has 58 valence electrons. The smallest absolute Gasteiger partial charge is 0.105 e. The van der Waals surface area contributed by atoms with E-state index in [1.807, 2.05) is 19.2 Å². The largest absolute Gasteiger partial charge is 0.497 e. The van der Waals surface area contributed by atoms with Crippen molar-refractivity contribution in [2.24, 2.45) is 4.99 Å². The van der Waals surface area contributed by atoms with Crippen LogP contribution >= 0.6 is 0 Å². The van der Waals surface area contributed by atoms with Gasteiger partial charge in [0.15, 0.2) is 0 Å². The summed E-state index contributed by atoms with van der Waals surface area (Å²) in [6, 6.07) is 0. The maximum absolute atomic E-state index is 5.45. The van der Waals surface area contributed by atoms with Gasteiger partial charge in [-0.25, -0.2) is 0 Å². The van der Waals surface area contributed by atoms with E-state index >= 15 is 0 Å². The van der Waals surface area contributed by atoms with Crippen molar-refractivity contribution in [2.45, 2.75) is 19.8 Å². The van der Waals surface area contributed by atoms with Crippen LogP contribution in [0.15, 0.2) is 28.6 Å². The van der Waals surface area contributed by atoms with Crippen molar-refractivity contribution in [1.82, 2.24) is 0 Å². The Morgan fingerprint density at radius 1 is 1.55 bits per heavy atom. The zero-order valence-corrected chi connectivity index (χ0v) is 6.63. The second kappa shape index (κ2) is 2.53. The highest BCUT2D eigenvalue weighted by molar-refractivity contribution is 6.03. The summed E-state index contributed by atoms with van der Waals surface area (Å²) < 4.78 is 5.45. The van der Waals surface area contributed by atoms with Crippen molar-refractivity contribution < 1.29 is 4.74 Å². The minimum absolute atomic E-state index is 0.875. The minimum atomic E-state index is 0.875. The van der Waals surface area contributed by atoms with Crippen molar-refractivity contribution in [3.63, 3.8) is 0 Å². The lowest BCUT2D eigenvalue weighted by Gasteiger charge is -2.01. The normalized spacial score (nSPS) is 29.0. The molecular weight excluding hydrogens is 138 g/mol. The van der Waals surface area contributed by atoms with E-state index in [1.165, 1.54) is 5.57 Å². The Balaban J connectivity index is 2.32. The molecule has 0 saturated carbocycles. The van der Waals surface area contributed by atoms with Gasteiger partial charge in [-0.1, -0.05) is 0 Å². The first kappa shape index (κ1) is 6.65. The van der Waals surface area contributed by atoms with Crippen LogP contribution in [0.4, 0.5) is 0 Å². The van der Waals surface area contributed by atoms with Crippen molar-refractivity contribution in [3.05, 3.63) is 23.6 Å². The Labute approximate surface area is 66.3 Å². The molecule has 0 bridgehead atoms. The highest BCUT2D eigenvalue weighted by Crippen LogP contribution is 2.23. The molecule has 2 nitrogen and oxygen atoms in total. The van der Waals surface area contributed by atoms with Crippen molar-refractivity contribution >= 4 is 5.71 Å². The number of hydrogen-bond donors (Lipinski definition) is 0. The number of aliphatic imine (C=N–C) groups is 1. The van der Waals surface area contributed by atoms with Gasteiger partial charge in [0, 0.05) is 23.9 Å². The standard InChI is InChI=1S/C9H11NO/c1-7-8(4-5-10-7)9-3-2-6-11-9/h4-5H,2-3,6H2,1H3/b9-8-. The van der Waals surface area contributed by atoms with Crippen LogP contribution in [0.3, 0.4) is 0 Å². The molecular formula is C9H11NO. The van der Waals surface area contributed by atoms with Crippen LogP contribution in [0.2, 0.25) is 0 Å². The van der Waals surface area contributed by atoms with Gasteiger partial charge in [0.2, 0.25) is 0 Å². The lowest BCUT2D eigenvalue weighted by Crippen LogP contribution is -1.95. The lowest BCUT2D eigenvalue weighted by molar-refractivity contribution is 0.262. The predicted molar refractivity (Wildman–Crippen MR) is 44.5 cm³/mol. The molecule has 0 aromatic heterocycles. The topological polar surface area (TPSA) is 21.6 Å². The van der Waals surface area contributed by atoms with Gasteiger partial charge in [0.05, 0.1) is 6.61 Å². The molecule has 1 saturated heterocycles. The van der Waals surface area contributed by atoms with E-state index in [1.54, 1.807) is 0 Å². The number of hydrogen-bond acceptors (Lipinski definition) is 2. The summed E-state index contributed by atoms with van der Waals surface area (Å²) in [5.74, 6) is 1.13. The van der Waals surface area contributed by atoms with Crippen molar-refractivity contribution in [1.29, 1.82) is 0 Å². The van der Waals surface area contributed by atoms with Gasteiger partial charge in [-0.2, -0.15) is 0 Å². The fraction of sp³-hybridized carbons (Fsp3) is 0.444. The van der Waals surface area contributed by atoms with Gasteiger partial charge in [-0.3, -0.25) is 4.99 Å². The second-order valence-corrected chi connectivity index (χ2v) is 2.82. The summed E-state index contributed by atoms with van der Waals surface area (Å²) in [4.78, 5) is 4.16. The van der Waals surface area contributed by atoms with Crippen LogP contribution in [0, 0.1) is 0 Å². The van der Waals surface area contributed by atoms with Crippen LogP contribution in [-0.2, 0) is 4.74 Å². The van der Waals surface area contributed by atoms with E-state index in [0.717, 1.165) is 30.9 Å². The highest BCUT2D eigenvalue weighted by Gasteiger charge is 2.15. The van der Waals surface area contributed by atoms with Crippen LogP contribution < -0.4 is 0 Å². The molecule has 2 rings (SSSR count). The fourth-order valence-electron chi connectivity index (χ4n) is 1.42. The third kappa shape index (κ3) is 1.09. The predicted octanol–water partition coefficient (Wildman–Crippen LogP) is 2.04. The van der Waals surface area contributed by atoms with Gasteiger partial charge in [-0.05, 0) is 19.4 Å². The van der Waals surface area contributed by atoms with Crippen LogP contribution in [-0.4, -0.2) is 12.3 Å². The first-order chi connectivity index (χ1) is 5.38. The van der Waals surface area contributed by atoms with Crippen molar-refractivity contribution in [2.75, 3.05) is 6.61 Å². The van der Waals surface area contributed by atoms with Crippen LogP contribution in [0.25, 0.3) is 0 Å². The summed E-state index contributed by atoms with van der Waals surface area (Å²) in [5.41, 5.74) is 2.28. The molecule has 0 aromatic carbocycles. The average molecular weight is 149 g/mol. The van der Waals surface area contributed by atoms with E-state index in [0.29, 0.717) is 0 Å². The maximum atomic E-state index is 5.45. The molecule has 0 radical (unpaired) electrons. The number of nitrogens with zero attached hydrogens (tertiary/aromatic N) is 1. The molecule has 0 N–H and O–H groups in total. The SMILES string of the molecule is CC1=NC=C/C1=C1\CCCO1. The van der Waals surface area contributed by atoms with Gasteiger partial charge >= 0.3 is 0 Å². The molecule has 2 heterocycles. The lowest BCUT2D eigenvalue weighted by atomic mass is 10.1. The van der Waals surface area contributed by atoms with Crippen LogP contribution in [0.1, 0.15) is 19.8 Å². The van der Waals surface area contributed by atoms with E-state index in [4.69, 9.17) is 4.74 Å². The van der Waals surface area contributed by atoms with Gasteiger partial charge < -0.3 is 4.74 Å². The quantitative estimate of drug-likeness (QED) is 0.516. The zero-order valence-electron chi connectivity index (χ0n) is 6.63. The molecule has 0 amide bonds. The first-order valence-corrected chi connectivity index (χ1v) is 3.95. The summed E-state index contributed by atoms with van der Waals surface area (Å²) in [6.07, 6.45) is 6.09. The highest BCUT2D eigenvalue weighted by atomic mass is 16.5. The summed E-state index contributed by atoms with van der Waals surface area (Å²) in [6.45, 7) is 2.89. The molecule has 0 aliphatic carbocycles. The van der Waals surface area contributed by atoms with Gasteiger partial charge in [0.1, 0.15) is 5.76 Å². The number of allylic oxidation sites excluding steroid dienone is 3. The Morgan fingerprint density at radius 3 is 3.00 bits per heavy atom. The molecule has 0 atom stereocenters. The van der Waals surface area contributed by atoms with Gasteiger partial charge in [-0.15, -0.1) is 0 Å². The average Bonchev–Trinajstić information content (AvgIpc) is 2.55. The Kier molecular flexibility index (Phi) is 1.53. The summed E-state index contributed by atoms with van der Waals surface area (Å²) in [5, 5.41) is 0. The molecule has 0 unspecified atom stereocenters. The first-order valence-electron chi connectivity index (χ1n) is 3.95. The molecule has 11 heavy (non-hydrogen) atoms. The molecule has 2 aliphatic heterocycles. The fourth-order valence-corrected chi connectivity index (χ4v) is 1.42. The zero-order chi connectivity index (χ0) is 7.68. The monoisotopic (exact) mass is 149 g/mol. The summed E-state index contributed by atoms with van der Waals surface area (Å²) in [7, 11) is 0. The van der Waals surface area contributed by atoms with E-state index < -0.39 is 0 Å². The second-order valence-electron chi connectivity index (χ2n) is 2.82. The Morgan fingerprint density at radius 2 is 2.45 bits per heavy atom. The molecule has 2 aliphatic rings. The third-order valence-electron chi connectivity index (χ3n) is 2.02. The molecule has 2 heteroatoms. The summed E-state index contributed by atoms with van der Waals surface area (Å²) >= 11 is 0. The molecule has 0 aromatic rings. The van der Waals surface area contributed by atoms with E-state index in [9.17, 15) is 0 Å². The molecule has 0 spiro atoms. The minimum Gasteiger partial charge on any atom is -0.497 e. The molecule has 1 fully saturated rings. The van der Waals surface area contributed by atoms with E-state index in [2.05, 4.69) is 4.99 Å².